The summed E-state index contributed by atoms with van der Waals surface area (Å²) in [5.74, 6) is -3.51. The van der Waals surface area contributed by atoms with E-state index in [4.69, 9.17) is 33.2 Å². The maximum atomic E-state index is 11.9. The number of rotatable bonds is 9. The highest BCUT2D eigenvalue weighted by atomic mass is 16.7. The molecule has 13 nitrogen and oxygen atoms in total. The lowest BCUT2D eigenvalue weighted by molar-refractivity contribution is -0.314. The molecular weight excluding hydrogens is 494 g/mol. The van der Waals surface area contributed by atoms with E-state index in [9.17, 15) is 29.2 Å². The fraction of sp³-hybridized carbons (Fsp3) is 0.500. The van der Waals surface area contributed by atoms with Crippen molar-refractivity contribution < 1.29 is 57.1 Å². The van der Waals surface area contributed by atoms with Gasteiger partial charge in [0.2, 0.25) is 6.29 Å². The molecule has 1 fully saturated rings. The van der Waals surface area contributed by atoms with Crippen molar-refractivity contribution in [3.8, 4) is 11.8 Å². The minimum absolute atomic E-state index is 0.149. The minimum atomic E-state index is -1.55. The number of benzene rings is 1. The van der Waals surface area contributed by atoms with E-state index in [1.165, 1.54) is 31.2 Å². The van der Waals surface area contributed by atoms with Crippen LogP contribution in [0.3, 0.4) is 0 Å². The molecule has 0 aliphatic carbocycles. The van der Waals surface area contributed by atoms with Gasteiger partial charge in [0.15, 0.2) is 24.4 Å². The molecule has 13 heteroatoms. The first-order chi connectivity index (χ1) is 17.4. The number of hydrogen-bond acceptors (Lipinski definition) is 13. The highest BCUT2D eigenvalue weighted by molar-refractivity contribution is 5.69. The van der Waals surface area contributed by atoms with Gasteiger partial charge in [0, 0.05) is 34.6 Å². The standard InChI is InChI=1S/C24H27NO12/c1-12(26)31-11-20-21(33-14(3)28)22(34-15(4)29)23(35-16(5)30)24(37-20)36-19(10-25)17-7-6-8-18(9-17)32-13(2)27/h6-9,19-24H,11H2,1-5H3/t19-,20+,21+,22-,23+,24+/m1/s1. The van der Waals surface area contributed by atoms with Gasteiger partial charge in [0.1, 0.15) is 18.5 Å². The monoisotopic (exact) mass is 521 g/mol. The van der Waals surface area contributed by atoms with Crippen molar-refractivity contribution in [2.45, 2.75) is 71.4 Å². The number of ether oxygens (including phenoxy) is 7. The van der Waals surface area contributed by atoms with Gasteiger partial charge < -0.3 is 33.2 Å². The third-order valence-corrected chi connectivity index (χ3v) is 4.76. The topological polar surface area (TPSA) is 174 Å². The third-order valence-electron chi connectivity index (χ3n) is 4.76. The molecule has 0 spiro atoms. The van der Waals surface area contributed by atoms with E-state index in [-0.39, 0.29) is 11.3 Å². The van der Waals surface area contributed by atoms with Gasteiger partial charge in [-0.05, 0) is 17.7 Å². The van der Waals surface area contributed by atoms with E-state index in [1.807, 2.05) is 6.07 Å². The molecule has 1 aromatic carbocycles. The summed E-state index contributed by atoms with van der Waals surface area (Å²) >= 11 is 0. The molecule has 1 heterocycles. The summed E-state index contributed by atoms with van der Waals surface area (Å²) in [6.45, 7) is 5.17. The second kappa shape index (κ2) is 13.3. The van der Waals surface area contributed by atoms with Gasteiger partial charge in [-0.25, -0.2) is 0 Å². The largest absolute Gasteiger partial charge is 0.463 e. The molecule has 200 valence electrons. The van der Waals surface area contributed by atoms with Gasteiger partial charge in [0.05, 0.1) is 6.07 Å². The van der Waals surface area contributed by atoms with Gasteiger partial charge in [-0.1, -0.05) is 12.1 Å². The zero-order chi connectivity index (χ0) is 27.7. The second-order valence-electron chi connectivity index (χ2n) is 7.88. The Morgan fingerprint density at radius 1 is 0.865 bits per heavy atom. The van der Waals surface area contributed by atoms with Crippen molar-refractivity contribution in [2.75, 3.05) is 6.61 Å². The average molecular weight is 521 g/mol. The maximum Gasteiger partial charge on any atom is 0.308 e. The van der Waals surface area contributed by atoms with Crippen LogP contribution in [0, 0.1) is 11.3 Å². The summed E-state index contributed by atoms with van der Waals surface area (Å²) in [7, 11) is 0. The normalized spacial score (nSPS) is 23.5. The van der Waals surface area contributed by atoms with Gasteiger partial charge in [-0.3, -0.25) is 24.0 Å². The number of esters is 5. The summed E-state index contributed by atoms with van der Waals surface area (Å²) < 4.78 is 37.7. The number of nitrogens with zero attached hydrogens (tertiary/aromatic N) is 1. The molecule has 1 aliphatic heterocycles. The molecule has 0 saturated carbocycles. The molecule has 0 unspecified atom stereocenters. The Bertz CT molecular complexity index is 1060. The highest BCUT2D eigenvalue weighted by Crippen LogP contribution is 2.33. The zero-order valence-electron chi connectivity index (χ0n) is 20.8. The summed E-state index contributed by atoms with van der Waals surface area (Å²) in [6, 6.07) is 7.85. The maximum absolute atomic E-state index is 11.9. The Morgan fingerprint density at radius 2 is 1.46 bits per heavy atom. The summed E-state index contributed by atoms with van der Waals surface area (Å²) in [6.07, 6.45) is -8.44. The van der Waals surface area contributed by atoms with Crippen LogP contribution in [0.1, 0.15) is 46.3 Å². The van der Waals surface area contributed by atoms with Crippen LogP contribution in [0.5, 0.6) is 5.75 Å². The van der Waals surface area contributed by atoms with Crippen molar-refractivity contribution in [1.82, 2.24) is 0 Å². The lowest BCUT2D eigenvalue weighted by Gasteiger charge is -2.44. The second-order valence-corrected chi connectivity index (χ2v) is 7.88. The van der Waals surface area contributed by atoms with Crippen LogP contribution < -0.4 is 4.74 Å². The van der Waals surface area contributed by atoms with Crippen LogP contribution in [0.25, 0.3) is 0 Å². The van der Waals surface area contributed by atoms with Crippen LogP contribution in [-0.4, -0.2) is 67.2 Å². The lowest BCUT2D eigenvalue weighted by Crippen LogP contribution is -2.63. The van der Waals surface area contributed by atoms with Crippen molar-refractivity contribution in [3.05, 3.63) is 29.8 Å². The highest BCUT2D eigenvalue weighted by Gasteiger charge is 2.53. The molecule has 1 aromatic rings. The summed E-state index contributed by atoms with van der Waals surface area (Å²) in [4.78, 5) is 58.4. The van der Waals surface area contributed by atoms with Crippen LogP contribution in [0.2, 0.25) is 0 Å². The average Bonchev–Trinajstić information content (AvgIpc) is 2.78. The molecule has 0 N–H and O–H groups in total. The van der Waals surface area contributed by atoms with Gasteiger partial charge in [-0.15, -0.1) is 0 Å². The smallest absolute Gasteiger partial charge is 0.308 e. The molecule has 0 aromatic heterocycles. The lowest BCUT2D eigenvalue weighted by atomic mass is 9.98. The van der Waals surface area contributed by atoms with Crippen LogP contribution in [0.15, 0.2) is 24.3 Å². The molecule has 6 atom stereocenters. The van der Waals surface area contributed by atoms with Gasteiger partial charge >= 0.3 is 29.8 Å². The Balaban J connectivity index is 2.48. The van der Waals surface area contributed by atoms with Crippen LogP contribution in [-0.2, 0) is 52.4 Å². The summed E-state index contributed by atoms with van der Waals surface area (Å²) in [5, 5.41) is 9.81. The number of carbonyl (C=O) groups excluding carboxylic acids is 5. The van der Waals surface area contributed by atoms with E-state index in [1.54, 1.807) is 0 Å². The third kappa shape index (κ3) is 8.85. The van der Waals surface area contributed by atoms with Crippen LogP contribution in [0.4, 0.5) is 0 Å². The van der Waals surface area contributed by atoms with Crippen molar-refractivity contribution >= 4 is 29.8 Å². The van der Waals surface area contributed by atoms with Gasteiger partial charge in [-0.2, -0.15) is 5.26 Å². The Morgan fingerprint density at radius 3 is 2.00 bits per heavy atom. The molecule has 0 radical (unpaired) electrons. The predicted octanol–water partition coefficient (Wildman–Crippen LogP) is 1.28. The minimum Gasteiger partial charge on any atom is -0.463 e. The predicted molar refractivity (Wildman–Crippen MR) is 119 cm³/mol. The molecule has 1 aliphatic rings. The molecular formula is C24H27NO12. The molecule has 0 amide bonds. The van der Waals surface area contributed by atoms with E-state index < -0.39 is 73.3 Å². The van der Waals surface area contributed by atoms with E-state index in [0.717, 1.165) is 27.7 Å². The van der Waals surface area contributed by atoms with Gasteiger partial charge in [0.25, 0.3) is 0 Å². The Labute approximate surface area is 212 Å². The SMILES string of the molecule is CC(=O)OC[C@@H]1O[C@H](O[C@H](C#N)c2cccc(OC(C)=O)c2)[C@@H](OC(C)=O)[C@H](OC(C)=O)[C@H]1OC(C)=O. The van der Waals surface area contributed by atoms with Crippen molar-refractivity contribution in [2.24, 2.45) is 0 Å². The van der Waals surface area contributed by atoms with Crippen LogP contribution >= 0.6 is 0 Å². The summed E-state index contributed by atoms with van der Waals surface area (Å²) in [5.41, 5.74) is 0.258. The number of carbonyl (C=O) groups is 5. The zero-order valence-corrected chi connectivity index (χ0v) is 20.8. The molecule has 0 bridgehead atoms. The van der Waals surface area contributed by atoms with E-state index >= 15 is 0 Å². The van der Waals surface area contributed by atoms with Crippen molar-refractivity contribution in [1.29, 1.82) is 5.26 Å². The molecule has 37 heavy (non-hydrogen) atoms. The fourth-order valence-corrected chi connectivity index (χ4v) is 3.52. The van der Waals surface area contributed by atoms with E-state index in [0.29, 0.717) is 0 Å². The fourth-order valence-electron chi connectivity index (χ4n) is 3.52. The number of hydrogen-bond donors (Lipinski definition) is 0. The number of nitriles is 1. The van der Waals surface area contributed by atoms with E-state index in [2.05, 4.69) is 0 Å². The Kier molecular flexibility index (Phi) is 10.5. The first-order valence-corrected chi connectivity index (χ1v) is 11.0. The Hall–Kier alpha value is -4.02. The quantitative estimate of drug-likeness (QED) is 0.258. The first-order valence-electron chi connectivity index (χ1n) is 11.0. The molecule has 1 saturated heterocycles. The first kappa shape index (κ1) is 29.2. The van der Waals surface area contributed by atoms with Crippen molar-refractivity contribution in [3.63, 3.8) is 0 Å². The molecule has 2 rings (SSSR count).